The molecule has 0 spiro atoms. The molecule has 2 rings (SSSR count). The molecule has 2 aromatic rings. The van der Waals surface area contributed by atoms with Crippen molar-refractivity contribution >= 4 is 16.9 Å². The number of aromatic carboxylic acids is 1. The first-order valence-corrected chi connectivity index (χ1v) is 7.27. The number of hydrogen-bond donors (Lipinski definition) is 3. The minimum absolute atomic E-state index is 0.332. The van der Waals surface area contributed by atoms with Gasteiger partial charge in [-0.3, -0.25) is 0 Å². The van der Waals surface area contributed by atoms with Gasteiger partial charge in [0.15, 0.2) is 0 Å². The van der Waals surface area contributed by atoms with Gasteiger partial charge in [-0.25, -0.2) is 4.79 Å². The van der Waals surface area contributed by atoms with Crippen LogP contribution in [-0.4, -0.2) is 28.7 Å². The van der Waals surface area contributed by atoms with E-state index < -0.39 is 5.97 Å². The highest BCUT2D eigenvalue weighted by Crippen LogP contribution is 2.30. The van der Waals surface area contributed by atoms with Crippen molar-refractivity contribution in [2.45, 2.75) is 33.2 Å². The van der Waals surface area contributed by atoms with Gasteiger partial charge in [-0.2, -0.15) is 0 Å². The number of fused-ring (bicyclic) bond motifs is 1. The topological polar surface area (TPSA) is 94.3 Å². The third kappa shape index (κ3) is 2.80. The molecule has 0 bridgehead atoms. The largest absolute Gasteiger partial charge is 0.478 e. The van der Waals surface area contributed by atoms with Crippen molar-refractivity contribution in [2.75, 3.05) is 13.1 Å². The summed E-state index contributed by atoms with van der Waals surface area (Å²) in [5.74, 6) is -0.894. The first-order valence-electron chi connectivity index (χ1n) is 7.27. The second-order valence-electron chi connectivity index (χ2n) is 5.39. The van der Waals surface area contributed by atoms with Gasteiger partial charge in [0.1, 0.15) is 0 Å². The number of nitrogens with two attached hydrogens (primary N) is 2. The van der Waals surface area contributed by atoms with E-state index in [0.29, 0.717) is 18.7 Å². The van der Waals surface area contributed by atoms with Crippen molar-refractivity contribution in [1.82, 2.24) is 4.57 Å². The zero-order valence-corrected chi connectivity index (χ0v) is 12.6. The number of nitrogens with zero attached hydrogens (tertiary/aromatic N) is 1. The van der Waals surface area contributed by atoms with E-state index in [-0.39, 0.29) is 0 Å². The molecule has 0 amide bonds. The summed E-state index contributed by atoms with van der Waals surface area (Å²) >= 11 is 0. The molecular weight excluding hydrogens is 266 g/mol. The van der Waals surface area contributed by atoms with Crippen molar-refractivity contribution in [2.24, 2.45) is 11.5 Å². The third-order valence-corrected chi connectivity index (χ3v) is 3.97. The number of carboxylic acids is 1. The molecule has 0 aliphatic rings. The Kier molecular flexibility index (Phi) is 4.65. The van der Waals surface area contributed by atoms with Crippen LogP contribution >= 0.6 is 0 Å². The molecule has 0 saturated carbocycles. The van der Waals surface area contributed by atoms with Crippen molar-refractivity contribution in [3.63, 3.8) is 0 Å². The molecule has 0 atom stereocenters. The van der Waals surface area contributed by atoms with E-state index in [1.54, 1.807) is 12.1 Å². The standard InChI is InChI=1S/C16H23N3O2/c1-10-8-12(16(20)21)9-14-13(4-3-5-17)11(2)19(7-6-18)15(10)14/h8-9H,3-7,17-18H2,1-2H3,(H,20,21). The molecule has 0 unspecified atom stereocenters. The minimum atomic E-state index is -0.894. The van der Waals surface area contributed by atoms with Crippen molar-refractivity contribution in [3.8, 4) is 0 Å². The van der Waals surface area contributed by atoms with E-state index >= 15 is 0 Å². The van der Waals surface area contributed by atoms with Crippen LogP contribution in [-0.2, 0) is 13.0 Å². The Morgan fingerprint density at radius 3 is 2.52 bits per heavy atom. The molecule has 0 radical (unpaired) electrons. The Morgan fingerprint density at radius 1 is 1.24 bits per heavy atom. The first-order chi connectivity index (χ1) is 10.0. The van der Waals surface area contributed by atoms with Crippen LogP contribution in [0.5, 0.6) is 0 Å². The molecule has 1 aromatic heterocycles. The van der Waals surface area contributed by atoms with Gasteiger partial charge in [-0.1, -0.05) is 0 Å². The Hall–Kier alpha value is -1.85. The van der Waals surface area contributed by atoms with E-state index in [0.717, 1.165) is 41.5 Å². The highest BCUT2D eigenvalue weighted by atomic mass is 16.4. The Morgan fingerprint density at radius 2 is 1.95 bits per heavy atom. The Labute approximate surface area is 124 Å². The number of hydrogen-bond acceptors (Lipinski definition) is 3. The molecule has 5 nitrogen and oxygen atoms in total. The van der Waals surface area contributed by atoms with Crippen LogP contribution < -0.4 is 11.5 Å². The van der Waals surface area contributed by atoms with E-state index in [1.807, 2.05) is 6.92 Å². The maximum atomic E-state index is 11.3. The maximum Gasteiger partial charge on any atom is 0.335 e. The summed E-state index contributed by atoms with van der Waals surface area (Å²) in [7, 11) is 0. The molecule has 5 N–H and O–H groups in total. The fourth-order valence-corrected chi connectivity index (χ4v) is 3.02. The van der Waals surface area contributed by atoms with Crippen LogP contribution in [0.15, 0.2) is 12.1 Å². The Bertz CT molecular complexity index is 674. The quantitative estimate of drug-likeness (QED) is 0.756. The highest BCUT2D eigenvalue weighted by Gasteiger charge is 2.17. The SMILES string of the molecule is Cc1cc(C(=O)O)cc2c(CCCN)c(C)n(CCN)c12. The van der Waals surface area contributed by atoms with Crippen molar-refractivity contribution < 1.29 is 9.90 Å². The molecule has 0 aliphatic heterocycles. The van der Waals surface area contributed by atoms with E-state index in [4.69, 9.17) is 11.5 Å². The minimum Gasteiger partial charge on any atom is -0.478 e. The Balaban J connectivity index is 2.73. The van der Waals surface area contributed by atoms with Crippen LogP contribution in [0.3, 0.4) is 0 Å². The molecule has 5 heteroatoms. The van der Waals surface area contributed by atoms with E-state index in [9.17, 15) is 9.90 Å². The van der Waals surface area contributed by atoms with E-state index in [2.05, 4.69) is 11.5 Å². The van der Waals surface area contributed by atoms with Gasteiger partial charge >= 0.3 is 5.97 Å². The van der Waals surface area contributed by atoms with Crippen LogP contribution in [0.4, 0.5) is 0 Å². The van der Waals surface area contributed by atoms with Gasteiger partial charge in [-0.05, 0) is 56.5 Å². The number of aryl methyl sites for hydroxylation is 2. The van der Waals surface area contributed by atoms with Crippen LogP contribution in [0, 0.1) is 13.8 Å². The zero-order valence-electron chi connectivity index (χ0n) is 12.6. The lowest BCUT2D eigenvalue weighted by molar-refractivity contribution is 0.0697. The number of carboxylic acid groups (broad SMARTS) is 1. The average Bonchev–Trinajstić information content (AvgIpc) is 2.70. The second-order valence-corrected chi connectivity index (χ2v) is 5.39. The molecule has 0 fully saturated rings. The smallest absolute Gasteiger partial charge is 0.335 e. The number of carbonyl (C=O) groups is 1. The van der Waals surface area contributed by atoms with Crippen molar-refractivity contribution in [3.05, 3.63) is 34.5 Å². The molecule has 114 valence electrons. The summed E-state index contributed by atoms with van der Waals surface area (Å²) in [6.45, 7) is 5.94. The average molecular weight is 289 g/mol. The molecule has 0 saturated heterocycles. The number of rotatable bonds is 6. The lowest BCUT2D eigenvalue weighted by atomic mass is 10.0. The zero-order chi connectivity index (χ0) is 15.6. The van der Waals surface area contributed by atoms with Crippen molar-refractivity contribution in [1.29, 1.82) is 0 Å². The fraction of sp³-hybridized carbons (Fsp3) is 0.438. The van der Waals surface area contributed by atoms with E-state index in [1.165, 1.54) is 5.56 Å². The van der Waals surface area contributed by atoms with Gasteiger partial charge in [0.05, 0.1) is 11.1 Å². The third-order valence-electron chi connectivity index (χ3n) is 3.97. The summed E-state index contributed by atoms with van der Waals surface area (Å²) in [4.78, 5) is 11.3. The van der Waals surface area contributed by atoms with Gasteiger partial charge in [-0.15, -0.1) is 0 Å². The van der Waals surface area contributed by atoms with Crippen LogP contribution in [0.1, 0.15) is 33.6 Å². The van der Waals surface area contributed by atoms with Crippen LogP contribution in [0.25, 0.3) is 10.9 Å². The highest BCUT2D eigenvalue weighted by molar-refractivity contribution is 5.97. The predicted molar refractivity (Wildman–Crippen MR) is 84.8 cm³/mol. The molecule has 0 aliphatic carbocycles. The molecule has 1 heterocycles. The lowest BCUT2D eigenvalue weighted by Crippen LogP contribution is -2.11. The molecular formula is C16H23N3O2. The summed E-state index contributed by atoms with van der Waals surface area (Å²) in [6.07, 6.45) is 1.75. The summed E-state index contributed by atoms with van der Waals surface area (Å²) in [6, 6.07) is 3.50. The van der Waals surface area contributed by atoms with Gasteiger partial charge < -0.3 is 21.1 Å². The van der Waals surface area contributed by atoms with Gasteiger partial charge in [0.2, 0.25) is 0 Å². The molecule has 1 aromatic carbocycles. The van der Waals surface area contributed by atoms with Gasteiger partial charge in [0.25, 0.3) is 0 Å². The normalized spacial score (nSPS) is 11.2. The first kappa shape index (κ1) is 15.5. The van der Waals surface area contributed by atoms with Gasteiger partial charge in [0, 0.05) is 24.2 Å². The van der Waals surface area contributed by atoms with Crippen LogP contribution in [0.2, 0.25) is 0 Å². The fourth-order valence-electron chi connectivity index (χ4n) is 3.02. The second kappa shape index (κ2) is 6.28. The monoisotopic (exact) mass is 289 g/mol. The molecule has 21 heavy (non-hydrogen) atoms. The summed E-state index contributed by atoms with van der Waals surface area (Å²) < 4.78 is 2.20. The predicted octanol–water partition coefficient (Wildman–Crippen LogP) is 1.81. The maximum absolute atomic E-state index is 11.3. The summed E-state index contributed by atoms with van der Waals surface area (Å²) in [5.41, 5.74) is 16.1. The summed E-state index contributed by atoms with van der Waals surface area (Å²) in [5, 5.41) is 10.3. The number of benzene rings is 1. The lowest BCUT2D eigenvalue weighted by Gasteiger charge is -2.09. The number of aromatic nitrogens is 1.